The Kier molecular flexibility index (Phi) is 7.17. The first kappa shape index (κ1) is 22.4. The molecule has 4 rings (SSSR count). The highest BCUT2D eigenvalue weighted by atomic mass is 35.5. The molecule has 1 atom stereocenters. The van der Waals surface area contributed by atoms with Crippen molar-refractivity contribution >= 4 is 34.0 Å². The molecule has 0 aliphatic carbocycles. The number of carbonyl (C=O) groups excluding carboxylic acids is 1. The molecule has 3 aromatic rings. The number of rotatable bonds is 7. The molecule has 0 spiro atoms. The zero-order valence-corrected chi connectivity index (χ0v) is 19.4. The number of methoxy groups -OCH3 is 1. The maximum absolute atomic E-state index is 12.9. The molecular weight excluding hydrogens is 448 g/mol. The molecule has 0 N–H and O–H groups in total. The number of amides is 1. The van der Waals surface area contributed by atoms with E-state index in [4.69, 9.17) is 20.8 Å². The van der Waals surface area contributed by atoms with Gasteiger partial charge in [0.1, 0.15) is 11.5 Å². The van der Waals surface area contributed by atoms with Gasteiger partial charge in [0.25, 0.3) is 5.91 Å². The first-order valence-corrected chi connectivity index (χ1v) is 12.3. The van der Waals surface area contributed by atoms with Gasteiger partial charge in [-0.25, -0.2) is 0 Å². The molecule has 1 amide bonds. The molecule has 0 radical (unpaired) electrons. The second-order valence-corrected chi connectivity index (χ2v) is 9.43. The Morgan fingerprint density at radius 3 is 2.41 bits per heavy atom. The van der Waals surface area contributed by atoms with E-state index >= 15 is 0 Å². The molecule has 1 saturated heterocycles. The maximum atomic E-state index is 12.9. The van der Waals surface area contributed by atoms with Gasteiger partial charge in [0, 0.05) is 47.7 Å². The van der Waals surface area contributed by atoms with Crippen molar-refractivity contribution in [3.8, 4) is 5.75 Å². The van der Waals surface area contributed by atoms with E-state index in [-0.39, 0.29) is 17.4 Å². The largest absolute Gasteiger partial charge is 0.497 e. The second kappa shape index (κ2) is 10.2. The molecular formula is C24H25ClN2O4S. The average Bonchev–Trinajstić information content (AvgIpc) is 3.28. The minimum absolute atomic E-state index is 0.137. The van der Waals surface area contributed by atoms with E-state index in [1.54, 1.807) is 30.2 Å². The lowest BCUT2D eigenvalue weighted by molar-refractivity contribution is 0.0713. The Labute approximate surface area is 195 Å². The van der Waals surface area contributed by atoms with E-state index in [0.29, 0.717) is 29.6 Å². The summed E-state index contributed by atoms with van der Waals surface area (Å²) in [7, 11) is 0.465. The first-order valence-electron chi connectivity index (χ1n) is 10.4. The number of ether oxygens (including phenoxy) is 1. The lowest BCUT2D eigenvalue weighted by Gasteiger charge is -2.35. The lowest BCUT2D eigenvalue weighted by Crippen LogP contribution is -2.48. The number of hydrogen-bond donors (Lipinski definition) is 0. The van der Waals surface area contributed by atoms with E-state index in [1.165, 1.54) is 0 Å². The van der Waals surface area contributed by atoms with Gasteiger partial charge >= 0.3 is 0 Å². The van der Waals surface area contributed by atoms with Crippen molar-refractivity contribution in [2.45, 2.75) is 11.5 Å². The lowest BCUT2D eigenvalue weighted by atomic mass is 10.2. The molecule has 2 aromatic carbocycles. The summed E-state index contributed by atoms with van der Waals surface area (Å²) in [6.07, 6.45) is 0. The molecule has 1 aromatic heterocycles. The van der Waals surface area contributed by atoms with Crippen LogP contribution in [0.4, 0.5) is 5.69 Å². The molecule has 32 heavy (non-hydrogen) atoms. The highest BCUT2D eigenvalue weighted by molar-refractivity contribution is 7.83. The van der Waals surface area contributed by atoms with Crippen LogP contribution in [0.1, 0.15) is 21.9 Å². The van der Waals surface area contributed by atoms with Crippen LogP contribution >= 0.6 is 11.6 Å². The van der Waals surface area contributed by atoms with Crippen molar-refractivity contribution in [1.29, 1.82) is 0 Å². The van der Waals surface area contributed by atoms with Crippen molar-refractivity contribution in [2.75, 3.05) is 38.2 Å². The monoisotopic (exact) mass is 472 g/mol. The number of piperazine rings is 1. The van der Waals surface area contributed by atoms with Crippen LogP contribution in [0.25, 0.3) is 0 Å². The standard InChI is InChI=1S/C24H25ClN2O4S/c1-30-20-8-6-19(7-9-20)26-12-14-27(15-13-26)24(28)23-11-10-21(31-23)17-32(29)16-18-4-2-3-5-22(18)25/h2-11H,12-17H2,1H3/t32-/m0/s1. The van der Waals surface area contributed by atoms with Crippen molar-refractivity contribution in [2.24, 2.45) is 0 Å². The molecule has 1 aliphatic heterocycles. The van der Waals surface area contributed by atoms with Gasteiger partial charge in [0.05, 0.1) is 18.6 Å². The molecule has 168 valence electrons. The minimum Gasteiger partial charge on any atom is -0.497 e. The molecule has 0 bridgehead atoms. The number of furan rings is 1. The van der Waals surface area contributed by atoms with Gasteiger partial charge < -0.3 is 19.0 Å². The van der Waals surface area contributed by atoms with Crippen LogP contribution in [-0.4, -0.2) is 48.3 Å². The minimum atomic E-state index is -1.18. The predicted molar refractivity (Wildman–Crippen MR) is 127 cm³/mol. The van der Waals surface area contributed by atoms with E-state index < -0.39 is 10.8 Å². The van der Waals surface area contributed by atoms with Crippen LogP contribution in [0, 0.1) is 0 Å². The van der Waals surface area contributed by atoms with Crippen molar-refractivity contribution in [3.63, 3.8) is 0 Å². The summed E-state index contributed by atoms with van der Waals surface area (Å²) in [5, 5.41) is 0.602. The molecule has 8 heteroatoms. The summed E-state index contributed by atoms with van der Waals surface area (Å²) in [6.45, 7) is 2.71. The van der Waals surface area contributed by atoms with Crippen molar-refractivity contribution < 1.29 is 18.2 Å². The normalized spacial score (nSPS) is 14.9. The van der Waals surface area contributed by atoms with Crippen molar-refractivity contribution in [1.82, 2.24) is 4.90 Å². The molecule has 6 nitrogen and oxygen atoms in total. The van der Waals surface area contributed by atoms with Gasteiger partial charge in [0.15, 0.2) is 5.76 Å². The summed E-state index contributed by atoms with van der Waals surface area (Å²) < 4.78 is 23.4. The fourth-order valence-corrected chi connectivity index (χ4v) is 5.14. The van der Waals surface area contributed by atoms with Gasteiger partial charge in [-0.3, -0.25) is 9.00 Å². The summed E-state index contributed by atoms with van der Waals surface area (Å²) >= 11 is 6.15. The molecule has 0 saturated carbocycles. The third-order valence-corrected chi connectivity index (χ3v) is 7.06. The number of hydrogen-bond acceptors (Lipinski definition) is 5. The molecule has 0 unspecified atom stereocenters. The molecule has 2 heterocycles. The number of nitrogens with zero attached hydrogens (tertiary/aromatic N) is 2. The quantitative estimate of drug-likeness (QED) is 0.511. The summed E-state index contributed by atoms with van der Waals surface area (Å²) in [5.74, 6) is 2.09. The maximum Gasteiger partial charge on any atom is 0.289 e. The third-order valence-electron chi connectivity index (χ3n) is 5.45. The van der Waals surface area contributed by atoms with Crippen LogP contribution < -0.4 is 9.64 Å². The Morgan fingerprint density at radius 1 is 1.00 bits per heavy atom. The van der Waals surface area contributed by atoms with Crippen LogP contribution in [0.2, 0.25) is 5.02 Å². The fraction of sp³-hybridized carbons (Fsp3) is 0.292. The Balaban J connectivity index is 1.31. The Hall–Kier alpha value is -2.77. The SMILES string of the molecule is COc1ccc(N2CCN(C(=O)c3ccc(C[S@@](=O)Cc4ccccc4Cl)o3)CC2)cc1. The van der Waals surface area contributed by atoms with Crippen LogP contribution in [-0.2, 0) is 22.3 Å². The van der Waals surface area contributed by atoms with Crippen molar-refractivity contribution in [3.05, 3.63) is 82.8 Å². The van der Waals surface area contributed by atoms with E-state index in [2.05, 4.69) is 4.90 Å². The molecule has 1 fully saturated rings. The topological polar surface area (TPSA) is 63.0 Å². The van der Waals surface area contributed by atoms with Gasteiger partial charge in [0.2, 0.25) is 0 Å². The predicted octanol–water partition coefficient (Wildman–Crippen LogP) is 4.35. The van der Waals surface area contributed by atoms with Crippen LogP contribution in [0.3, 0.4) is 0 Å². The van der Waals surface area contributed by atoms with Gasteiger partial charge in [-0.15, -0.1) is 0 Å². The van der Waals surface area contributed by atoms with E-state index in [9.17, 15) is 9.00 Å². The number of anilines is 1. The number of benzene rings is 2. The molecule has 1 aliphatic rings. The summed E-state index contributed by atoms with van der Waals surface area (Å²) in [6, 6.07) is 18.7. The summed E-state index contributed by atoms with van der Waals surface area (Å²) in [5.41, 5.74) is 1.95. The number of carbonyl (C=O) groups is 1. The smallest absolute Gasteiger partial charge is 0.289 e. The highest BCUT2D eigenvalue weighted by Gasteiger charge is 2.24. The average molecular weight is 473 g/mol. The Morgan fingerprint density at radius 2 is 1.72 bits per heavy atom. The van der Waals surface area contributed by atoms with E-state index in [0.717, 1.165) is 30.1 Å². The second-order valence-electron chi connectivity index (χ2n) is 7.56. The van der Waals surface area contributed by atoms with Gasteiger partial charge in [-0.1, -0.05) is 29.8 Å². The highest BCUT2D eigenvalue weighted by Crippen LogP contribution is 2.22. The first-order chi connectivity index (χ1) is 15.5. The zero-order valence-electron chi connectivity index (χ0n) is 17.8. The number of halogens is 1. The third kappa shape index (κ3) is 5.34. The van der Waals surface area contributed by atoms with Gasteiger partial charge in [-0.2, -0.15) is 0 Å². The van der Waals surface area contributed by atoms with Gasteiger partial charge in [-0.05, 0) is 48.0 Å². The zero-order chi connectivity index (χ0) is 22.5. The summed E-state index contributed by atoms with van der Waals surface area (Å²) in [4.78, 5) is 16.9. The van der Waals surface area contributed by atoms with Crippen LogP contribution in [0.5, 0.6) is 5.75 Å². The fourth-order valence-electron chi connectivity index (χ4n) is 3.69. The van der Waals surface area contributed by atoms with E-state index in [1.807, 2.05) is 42.5 Å². The Bertz CT molecular complexity index is 1090. The van der Waals surface area contributed by atoms with Crippen LogP contribution in [0.15, 0.2) is 65.1 Å².